The maximum atomic E-state index is 13.5. The van der Waals surface area contributed by atoms with Gasteiger partial charge in [-0.05, 0) is 101 Å². The molecule has 0 aromatic heterocycles. The molecule has 1 unspecified atom stereocenters. The van der Waals surface area contributed by atoms with Crippen molar-refractivity contribution >= 4 is 5.78 Å². The second-order valence-corrected chi connectivity index (χ2v) is 16.6. The Labute approximate surface area is 277 Å². The van der Waals surface area contributed by atoms with Crippen LogP contribution in [0.4, 0.5) is 0 Å². The molecule has 270 valence electrons. The van der Waals surface area contributed by atoms with Crippen LogP contribution in [0.25, 0.3) is 0 Å². The summed E-state index contributed by atoms with van der Waals surface area (Å²) in [7, 11) is 0. The molecular formula is C35H58O12. The summed E-state index contributed by atoms with van der Waals surface area (Å²) in [5.74, 6) is -1.65. The number of hydrogen-bond donors (Lipinski definition) is 9. The van der Waals surface area contributed by atoms with Crippen molar-refractivity contribution in [3.05, 3.63) is 11.6 Å². The van der Waals surface area contributed by atoms with Crippen LogP contribution in [0.5, 0.6) is 0 Å². The van der Waals surface area contributed by atoms with E-state index in [1.54, 1.807) is 26.8 Å². The summed E-state index contributed by atoms with van der Waals surface area (Å²) >= 11 is 0. The zero-order chi connectivity index (χ0) is 35.1. The lowest BCUT2D eigenvalue weighted by atomic mass is 9.45. The molecule has 0 radical (unpaired) electrons. The highest BCUT2D eigenvalue weighted by Crippen LogP contribution is 2.68. The predicted molar refractivity (Wildman–Crippen MR) is 168 cm³/mol. The zero-order valence-corrected chi connectivity index (χ0v) is 28.6. The monoisotopic (exact) mass is 670 g/mol. The Balaban J connectivity index is 1.35. The van der Waals surface area contributed by atoms with Gasteiger partial charge in [0.25, 0.3) is 0 Å². The van der Waals surface area contributed by atoms with Crippen LogP contribution in [0, 0.1) is 34.5 Å². The summed E-state index contributed by atoms with van der Waals surface area (Å²) in [6.07, 6.45) is -5.81. The number of aliphatic hydroxyl groups is 9. The third-order valence-corrected chi connectivity index (χ3v) is 13.7. The summed E-state index contributed by atoms with van der Waals surface area (Å²) in [5.41, 5.74) is -4.92. The number of rotatable bonds is 9. The molecule has 12 nitrogen and oxygen atoms in total. The summed E-state index contributed by atoms with van der Waals surface area (Å²) in [6.45, 7) is 10.3. The van der Waals surface area contributed by atoms with Gasteiger partial charge in [-0.15, -0.1) is 0 Å². The van der Waals surface area contributed by atoms with Crippen LogP contribution in [0.3, 0.4) is 0 Å². The molecule has 1 heterocycles. The molecular weight excluding hydrogens is 612 g/mol. The summed E-state index contributed by atoms with van der Waals surface area (Å²) in [5, 5.41) is 97.9. The molecule has 47 heavy (non-hydrogen) atoms. The number of aliphatic hydroxyl groups excluding tert-OH is 7. The van der Waals surface area contributed by atoms with E-state index >= 15 is 0 Å². The molecule has 0 amide bonds. The van der Waals surface area contributed by atoms with Crippen LogP contribution in [0.15, 0.2) is 11.6 Å². The lowest BCUT2D eigenvalue weighted by Gasteiger charge is -2.60. The fraction of sp³-hybridized carbons (Fsp3) is 0.914. The first-order valence-corrected chi connectivity index (χ1v) is 17.4. The van der Waals surface area contributed by atoms with Gasteiger partial charge in [-0.25, -0.2) is 0 Å². The molecule has 12 heteroatoms. The molecule has 0 aromatic carbocycles. The number of carbonyl (C=O) groups is 1. The molecule has 1 saturated heterocycles. The summed E-state index contributed by atoms with van der Waals surface area (Å²) in [4.78, 5) is 13.5. The van der Waals surface area contributed by atoms with E-state index in [9.17, 15) is 50.8 Å². The lowest BCUT2D eigenvalue weighted by molar-refractivity contribution is -0.329. The molecule has 3 saturated carbocycles. The van der Waals surface area contributed by atoms with Crippen molar-refractivity contribution in [1.29, 1.82) is 0 Å². The topological polar surface area (TPSA) is 218 Å². The molecule has 16 atom stereocenters. The lowest BCUT2D eigenvalue weighted by Crippen LogP contribution is -2.63. The van der Waals surface area contributed by atoms with Crippen molar-refractivity contribution < 1.29 is 60.2 Å². The Morgan fingerprint density at radius 2 is 1.66 bits per heavy atom. The van der Waals surface area contributed by atoms with Gasteiger partial charge in [0.05, 0.1) is 41.7 Å². The number of carbonyl (C=O) groups excluding carboxylic acids is 1. The molecule has 0 spiro atoms. The Bertz CT molecular complexity index is 1200. The Morgan fingerprint density at radius 1 is 1.00 bits per heavy atom. The summed E-state index contributed by atoms with van der Waals surface area (Å²) < 4.78 is 11.7. The quantitative estimate of drug-likeness (QED) is 0.162. The van der Waals surface area contributed by atoms with Gasteiger partial charge in [-0.3, -0.25) is 4.79 Å². The van der Waals surface area contributed by atoms with Gasteiger partial charge in [0.15, 0.2) is 12.1 Å². The van der Waals surface area contributed by atoms with Crippen LogP contribution < -0.4 is 0 Å². The number of fused-ring (bicyclic) bond motifs is 5. The number of ketones is 1. The fourth-order valence-electron chi connectivity index (χ4n) is 10.6. The standard InChI is InChI=1S/C35H58O12/c1-7-17(31(2,3)47-30-29(43)28(42)27(41)24(16-36)46-30)12-26(40)34(6,44)25-9-11-35(45)19-13-21(37)20-14-22(38)23(39)15-32(20,4)18(19)8-10-33(25,35)5/h13,17-18,20,22-30,36,38-45H,7-12,14-16H2,1-6H3/t17?,18-,20+,22+,23-,24+,25-,26+,27+,28-,29+,30-,32+,33+,34+,35+/m0/s1. The van der Waals surface area contributed by atoms with Crippen LogP contribution in [0.1, 0.15) is 92.9 Å². The average molecular weight is 671 g/mol. The van der Waals surface area contributed by atoms with E-state index < -0.39 is 95.1 Å². The largest absolute Gasteiger partial charge is 0.394 e. The molecule has 5 aliphatic rings. The van der Waals surface area contributed by atoms with E-state index in [4.69, 9.17) is 9.47 Å². The van der Waals surface area contributed by atoms with Crippen LogP contribution in [-0.2, 0) is 14.3 Å². The third kappa shape index (κ3) is 5.77. The minimum atomic E-state index is -1.64. The zero-order valence-electron chi connectivity index (χ0n) is 28.6. The van der Waals surface area contributed by atoms with E-state index in [0.717, 1.165) is 0 Å². The molecule has 9 N–H and O–H groups in total. The van der Waals surface area contributed by atoms with Gasteiger partial charge in [0.2, 0.25) is 0 Å². The number of hydrogen-bond acceptors (Lipinski definition) is 12. The van der Waals surface area contributed by atoms with Crippen molar-refractivity contribution in [2.24, 2.45) is 34.5 Å². The van der Waals surface area contributed by atoms with Gasteiger partial charge in [-0.1, -0.05) is 27.2 Å². The van der Waals surface area contributed by atoms with Gasteiger partial charge in [0, 0.05) is 11.3 Å². The Morgan fingerprint density at radius 3 is 2.28 bits per heavy atom. The molecule has 0 bridgehead atoms. The van der Waals surface area contributed by atoms with Gasteiger partial charge in [0.1, 0.15) is 24.4 Å². The van der Waals surface area contributed by atoms with Crippen molar-refractivity contribution in [3.8, 4) is 0 Å². The van der Waals surface area contributed by atoms with Gasteiger partial charge in [-0.2, -0.15) is 0 Å². The first-order chi connectivity index (χ1) is 21.7. The molecule has 1 aliphatic heterocycles. The maximum Gasteiger partial charge on any atom is 0.187 e. The number of ether oxygens (including phenoxy) is 2. The van der Waals surface area contributed by atoms with E-state index in [2.05, 4.69) is 0 Å². The fourth-order valence-corrected chi connectivity index (χ4v) is 10.6. The summed E-state index contributed by atoms with van der Waals surface area (Å²) in [6, 6.07) is 0. The maximum absolute atomic E-state index is 13.5. The molecule has 5 rings (SSSR count). The first kappa shape index (κ1) is 37.2. The number of allylic oxidation sites excluding steroid dienone is 1. The van der Waals surface area contributed by atoms with Crippen molar-refractivity contribution in [1.82, 2.24) is 0 Å². The highest BCUT2D eigenvalue weighted by molar-refractivity contribution is 5.95. The van der Waals surface area contributed by atoms with Crippen LogP contribution >= 0.6 is 0 Å². The second-order valence-electron chi connectivity index (χ2n) is 16.6. The van der Waals surface area contributed by atoms with Gasteiger partial charge < -0.3 is 55.4 Å². The first-order valence-electron chi connectivity index (χ1n) is 17.4. The van der Waals surface area contributed by atoms with Crippen molar-refractivity contribution in [2.75, 3.05) is 6.61 Å². The predicted octanol–water partition coefficient (Wildman–Crippen LogP) is 0.314. The normalized spacial score (nSPS) is 48.1. The smallest absolute Gasteiger partial charge is 0.187 e. The highest BCUT2D eigenvalue weighted by atomic mass is 16.7. The SMILES string of the molecule is CCC(C[C@@H](O)[C@](C)(O)[C@H]1CC[C@@]2(O)C3=CC(=O)[C@H]4C[C@@H](O)[C@@H](O)C[C@]4(C)[C@H]3CC[C@]12C)C(C)(C)O[C@@H]1O[C@H](CO)[C@@H](O)[C@H](O)[C@H]1O. The second kappa shape index (κ2) is 12.6. The van der Waals surface area contributed by atoms with E-state index in [-0.39, 0.29) is 36.9 Å². The van der Waals surface area contributed by atoms with E-state index in [0.29, 0.717) is 37.7 Å². The van der Waals surface area contributed by atoms with Crippen LogP contribution in [0.2, 0.25) is 0 Å². The molecule has 4 fully saturated rings. The average Bonchev–Trinajstić information content (AvgIpc) is 3.29. The highest BCUT2D eigenvalue weighted by Gasteiger charge is 2.69. The van der Waals surface area contributed by atoms with Crippen molar-refractivity contribution in [3.63, 3.8) is 0 Å². The Kier molecular flexibility index (Phi) is 10.0. The van der Waals surface area contributed by atoms with Gasteiger partial charge >= 0.3 is 0 Å². The van der Waals surface area contributed by atoms with Crippen molar-refractivity contribution in [2.45, 2.75) is 159 Å². The van der Waals surface area contributed by atoms with E-state index in [1.807, 2.05) is 20.8 Å². The van der Waals surface area contributed by atoms with E-state index in [1.165, 1.54) is 0 Å². The Hall–Kier alpha value is -1.03. The third-order valence-electron chi connectivity index (χ3n) is 13.7. The van der Waals surface area contributed by atoms with Crippen LogP contribution in [-0.4, -0.2) is 124 Å². The molecule has 4 aliphatic carbocycles. The molecule has 0 aromatic rings. The minimum Gasteiger partial charge on any atom is -0.394 e. The minimum absolute atomic E-state index is 0.0999.